The molecule has 2 aromatic rings. The van der Waals surface area contributed by atoms with Crippen molar-refractivity contribution in [2.75, 3.05) is 36.9 Å². The highest BCUT2D eigenvalue weighted by Gasteiger charge is 2.41. The second-order valence-electron chi connectivity index (χ2n) is 9.10. The Morgan fingerprint density at radius 1 is 1.09 bits per heavy atom. The van der Waals surface area contributed by atoms with Crippen LogP contribution < -0.4 is 15.5 Å². The minimum Gasteiger partial charge on any atom is -0.370 e. The van der Waals surface area contributed by atoms with E-state index >= 15 is 0 Å². The quantitative estimate of drug-likeness (QED) is 0.645. The number of carbonyl (C=O) groups is 2. The fraction of sp³-hybridized carbons (Fsp3) is 0.500. The van der Waals surface area contributed by atoms with Crippen LogP contribution >= 0.6 is 0 Å². The summed E-state index contributed by atoms with van der Waals surface area (Å²) < 4.78 is 38.6. The molecular formula is C24H29F3N6O2. The highest BCUT2D eigenvalue weighted by Crippen LogP contribution is 2.35. The predicted octanol–water partition coefficient (Wildman–Crippen LogP) is 3.48. The minimum absolute atomic E-state index is 0.0634. The Kier molecular flexibility index (Phi) is 7.42. The van der Waals surface area contributed by atoms with Gasteiger partial charge in [-0.2, -0.15) is 13.2 Å². The molecule has 2 amide bonds. The number of piperidine rings is 2. The molecule has 2 aliphatic rings. The van der Waals surface area contributed by atoms with Crippen molar-refractivity contribution in [1.29, 1.82) is 0 Å². The molecule has 2 saturated heterocycles. The van der Waals surface area contributed by atoms with Crippen molar-refractivity contribution in [2.45, 2.75) is 38.4 Å². The Balaban J connectivity index is 1.24. The molecule has 0 radical (unpaired) electrons. The Hall–Kier alpha value is -3.37. The first-order valence-corrected chi connectivity index (χ1v) is 11.7. The van der Waals surface area contributed by atoms with Crippen molar-refractivity contribution in [1.82, 2.24) is 20.2 Å². The van der Waals surface area contributed by atoms with E-state index in [-0.39, 0.29) is 30.6 Å². The van der Waals surface area contributed by atoms with Gasteiger partial charge in [-0.15, -0.1) is 0 Å². The van der Waals surface area contributed by atoms with Crippen LogP contribution in [-0.2, 0) is 16.1 Å². The molecular weight excluding hydrogens is 461 g/mol. The number of hydrogen-bond donors (Lipinski definition) is 2. The Bertz CT molecular complexity index is 1020. The van der Waals surface area contributed by atoms with Crippen LogP contribution in [0.4, 0.5) is 30.4 Å². The molecule has 1 unspecified atom stereocenters. The second-order valence-corrected chi connectivity index (χ2v) is 9.10. The highest BCUT2D eigenvalue weighted by atomic mass is 19.4. The lowest BCUT2D eigenvalue weighted by molar-refractivity contribution is -0.179. The number of rotatable bonds is 6. The van der Waals surface area contributed by atoms with Gasteiger partial charge in [0, 0.05) is 33.1 Å². The number of carbonyl (C=O) groups excluding carboxylic acids is 2. The molecule has 11 heteroatoms. The van der Waals surface area contributed by atoms with Crippen LogP contribution in [-0.4, -0.2) is 59.5 Å². The molecule has 0 aliphatic carbocycles. The Labute approximate surface area is 201 Å². The standard InChI is InChI=1S/C24H29F3N6O2/c1-32-15-16(2-7-22(32)34)23(35)30-12-18-3-4-19(13-28-18)31-21-6-5-20(14-29-21)33-10-8-17(9-11-33)24(25,26)27/h3-6,13-14,16-17H,2,7-12,15H2,1H3,(H,29,31)(H,30,35). The van der Waals surface area contributed by atoms with E-state index in [9.17, 15) is 22.8 Å². The fourth-order valence-electron chi connectivity index (χ4n) is 4.41. The average molecular weight is 491 g/mol. The number of halogens is 3. The topological polar surface area (TPSA) is 90.5 Å². The van der Waals surface area contributed by atoms with Crippen LogP contribution in [0.2, 0.25) is 0 Å². The smallest absolute Gasteiger partial charge is 0.370 e. The Morgan fingerprint density at radius 3 is 2.46 bits per heavy atom. The number of pyridine rings is 2. The Morgan fingerprint density at radius 2 is 1.86 bits per heavy atom. The molecule has 2 aliphatic heterocycles. The van der Waals surface area contributed by atoms with Gasteiger partial charge in [0.25, 0.3) is 0 Å². The normalized spacial score (nSPS) is 19.5. The maximum absolute atomic E-state index is 12.9. The molecule has 2 fully saturated rings. The van der Waals surface area contributed by atoms with E-state index in [1.54, 1.807) is 36.5 Å². The van der Waals surface area contributed by atoms with Crippen molar-refractivity contribution in [3.63, 3.8) is 0 Å². The second kappa shape index (κ2) is 10.5. The number of alkyl halides is 3. The van der Waals surface area contributed by atoms with E-state index in [1.165, 1.54) is 0 Å². The van der Waals surface area contributed by atoms with E-state index in [1.807, 2.05) is 17.0 Å². The lowest BCUT2D eigenvalue weighted by Gasteiger charge is -2.34. The van der Waals surface area contributed by atoms with E-state index in [0.717, 1.165) is 11.4 Å². The van der Waals surface area contributed by atoms with Crippen LogP contribution in [0.25, 0.3) is 0 Å². The molecule has 0 saturated carbocycles. The zero-order valence-corrected chi connectivity index (χ0v) is 19.5. The summed E-state index contributed by atoms with van der Waals surface area (Å²) in [4.78, 5) is 36.2. The summed E-state index contributed by atoms with van der Waals surface area (Å²) in [5.74, 6) is -0.855. The van der Waals surface area contributed by atoms with E-state index < -0.39 is 12.1 Å². The third-order valence-corrected chi connectivity index (χ3v) is 6.61. The number of nitrogens with zero attached hydrogens (tertiary/aromatic N) is 4. The van der Waals surface area contributed by atoms with Crippen LogP contribution in [0.15, 0.2) is 36.7 Å². The molecule has 8 nitrogen and oxygen atoms in total. The summed E-state index contributed by atoms with van der Waals surface area (Å²) in [6.07, 6.45) is 0.317. The lowest BCUT2D eigenvalue weighted by Crippen LogP contribution is -2.43. The molecule has 0 bridgehead atoms. The van der Waals surface area contributed by atoms with Gasteiger partial charge in [-0.3, -0.25) is 14.6 Å². The zero-order chi connectivity index (χ0) is 25.0. The molecule has 188 valence electrons. The fourth-order valence-corrected chi connectivity index (χ4v) is 4.41. The van der Waals surface area contributed by atoms with Gasteiger partial charge >= 0.3 is 6.18 Å². The number of nitrogens with one attached hydrogen (secondary N) is 2. The van der Waals surface area contributed by atoms with Crippen molar-refractivity contribution in [2.24, 2.45) is 11.8 Å². The number of anilines is 3. The van der Waals surface area contributed by atoms with E-state index in [4.69, 9.17) is 0 Å². The van der Waals surface area contributed by atoms with E-state index in [2.05, 4.69) is 20.6 Å². The first kappa shape index (κ1) is 24.7. The minimum atomic E-state index is -4.12. The first-order chi connectivity index (χ1) is 16.7. The third kappa shape index (κ3) is 6.40. The van der Waals surface area contributed by atoms with Gasteiger partial charge in [0.15, 0.2) is 0 Å². The molecule has 2 N–H and O–H groups in total. The number of hydrogen-bond acceptors (Lipinski definition) is 6. The van der Waals surface area contributed by atoms with Gasteiger partial charge in [-0.05, 0) is 43.5 Å². The van der Waals surface area contributed by atoms with Gasteiger partial charge in [-0.25, -0.2) is 4.98 Å². The molecule has 1 atom stereocenters. The number of likely N-dealkylation sites (tertiary alicyclic amines) is 1. The monoisotopic (exact) mass is 490 g/mol. The van der Waals surface area contributed by atoms with Gasteiger partial charge in [0.2, 0.25) is 11.8 Å². The van der Waals surface area contributed by atoms with Gasteiger partial charge < -0.3 is 20.4 Å². The maximum atomic E-state index is 12.9. The van der Waals surface area contributed by atoms with Gasteiger partial charge in [-0.1, -0.05) is 0 Å². The SMILES string of the molecule is CN1CC(C(=O)NCc2ccc(Nc3ccc(N4CCC(C(F)(F)F)CC4)cn3)cn2)CCC1=O. The average Bonchev–Trinajstić information content (AvgIpc) is 2.85. The lowest BCUT2D eigenvalue weighted by atomic mass is 9.96. The molecule has 4 rings (SSSR count). The highest BCUT2D eigenvalue weighted by molar-refractivity contribution is 5.83. The van der Waals surface area contributed by atoms with E-state index in [0.29, 0.717) is 50.5 Å². The van der Waals surface area contributed by atoms with Crippen LogP contribution in [0.3, 0.4) is 0 Å². The predicted molar refractivity (Wildman–Crippen MR) is 125 cm³/mol. The summed E-state index contributed by atoms with van der Waals surface area (Å²) in [5, 5.41) is 6.03. The third-order valence-electron chi connectivity index (χ3n) is 6.61. The van der Waals surface area contributed by atoms with Crippen LogP contribution in [0.5, 0.6) is 0 Å². The molecule has 4 heterocycles. The van der Waals surface area contributed by atoms with Crippen molar-refractivity contribution in [3.05, 3.63) is 42.4 Å². The first-order valence-electron chi connectivity index (χ1n) is 11.7. The van der Waals surface area contributed by atoms with Gasteiger partial charge in [0.1, 0.15) is 5.82 Å². The molecule has 0 aromatic carbocycles. The summed E-state index contributed by atoms with van der Waals surface area (Å²) in [5.41, 5.74) is 2.22. The largest absolute Gasteiger partial charge is 0.391 e. The molecule has 0 spiro atoms. The van der Waals surface area contributed by atoms with Crippen molar-refractivity contribution in [3.8, 4) is 0 Å². The van der Waals surface area contributed by atoms with Crippen LogP contribution in [0, 0.1) is 11.8 Å². The summed E-state index contributed by atoms with van der Waals surface area (Å²) >= 11 is 0. The summed E-state index contributed by atoms with van der Waals surface area (Å²) in [6, 6.07) is 7.26. The van der Waals surface area contributed by atoms with Gasteiger partial charge in [0.05, 0.1) is 47.8 Å². The van der Waals surface area contributed by atoms with Crippen molar-refractivity contribution >= 4 is 29.0 Å². The number of aromatic nitrogens is 2. The summed E-state index contributed by atoms with van der Waals surface area (Å²) in [6.45, 7) is 1.44. The van der Waals surface area contributed by atoms with Crippen molar-refractivity contribution < 1.29 is 22.8 Å². The molecule has 2 aromatic heterocycles. The maximum Gasteiger partial charge on any atom is 0.391 e. The number of amides is 2. The molecule has 35 heavy (non-hydrogen) atoms. The summed E-state index contributed by atoms with van der Waals surface area (Å²) in [7, 11) is 1.71. The van der Waals surface area contributed by atoms with Crippen LogP contribution in [0.1, 0.15) is 31.4 Å². The zero-order valence-electron chi connectivity index (χ0n) is 19.5.